The summed E-state index contributed by atoms with van der Waals surface area (Å²) in [7, 11) is 0. The molecule has 26 heavy (non-hydrogen) atoms. The van der Waals surface area contributed by atoms with Crippen LogP contribution >= 0.6 is 0 Å². The van der Waals surface area contributed by atoms with Gasteiger partial charge < -0.3 is 15.0 Å². The van der Waals surface area contributed by atoms with E-state index in [1.807, 2.05) is 6.92 Å². The van der Waals surface area contributed by atoms with Gasteiger partial charge in [-0.15, -0.1) is 0 Å². The predicted molar refractivity (Wildman–Crippen MR) is 97.4 cm³/mol. The number of carbonyl (C=O) groups excluding carboxylic acids is 2. The molecule has 2 heterocycles. The second-order valence-corrected chi connectivity index (χ2v) is 7.48. The van der Waals surface area contributed by atoms with Gasteiger partial charge in [-0.25, -0.2) is 4.39 Å². The number of nitrogens with one attached hydrogen (secondary N) is 1. The van der Waals surface area contributed by atoms with E-state index in [-0.39, 0.29) is 36.5 Å². The highest BCUT2D eigenvalue weighted by molar-refractivity contribution is 6.00. The van der Waals surface area contributed by atoms with Crippen LogP contribution in [-0.4, -0.2) is 37.1 Å². The summed E-state index contributed by atoms with van der Waals surface area (Å²) in [5.74, 6) is -1.20. The number of amides is 2. The summed E-state index contributed by atoms with van der Waals surface area (Å²) >= 11 is 0. The lowest BCUT2D eigenvalue weighted by Gasteiger charge is -2.20. The minimum atomic E-state index is -0.437. The van der Waals surface area contributed by atoms with Crippen molar-refractivity contribution in [1.82, 2.24) is 5.32 Å². The molecule has 1 aromatic carbocycles. The molecule has 1 N–H and O–H groups in total. The molecular weight excluding hydrogens is 335 g/mol. The van der Waals surface area contributed by atoms with E-state index in [4.69, 9.17) is 4.74 Å². The van der Waals surface area contributed by atoms with Crippen LogP contribution in [0.1, 0.15) is 44.6 Å². The van der Waals surface area contributed by atoms with Crippen molar-refractivity contribution in [1.29, 1.82) is 0 Å². The van der Waals surface area contributed by atoms with Crippen molar-refractivity contribution in [3.63, 3.8) is 0 Å². The van der Waals surface area contributed by atoms with Gasteiger partial charge in [0.25, 0.3) is 0 Å². The summed E-state index contributed by atoms with van der Waals surface area (Å²) in [6, 6.07) is 4.81. The molecule has 3 atom stereocenters. The fourth-order valence-corrected chi connectivity index (χ4v) is 3.69. The minimum Gasteiger partial charge on any atom is -0.378 e. The molecule has 2 aliphatic heterocycles. The van der Waals surface area contributed by atoms with Gasteiger partial charge in [0, 0.05) is 25.6 Å². The van der Waals surface area contributed by atoms with E-state index in [2.05, 4.69) is 5.32 Å². The van der Waals surface area contributed by atoms with E-state index in [1.165, 1.54) is 11.0 Å². The number of nitrogens with zero attached hydrogens (tertiary/aromatic N) is 1. The molecule has 0 spiro atoms. The maximum Gasteiger partial charge on any atom is 0.227 e. The van der Waals surface area contributed by atoms with Crippen LogP contribution in [0.25, 0.3) is 0 Å². The van der Waals surface area contributed by atoms with Crippen LogP contribution in [0.15, 0.2) is 18.2 Å². The van der Waals surface area contributed by atoms with Crippen molar-refractivity contribution in [3.8, 4) is 0 Å². The third kappa shape index (κ3) is 4.41. The first-order chi connectivity index (χ1) is 12.4. The molecule has 0 aromatic heterocycles. The highest BCUT2D eigenvalue weighted by Crippen LogP contribution is 2.28. The predicted octanol–water partition coefficient (Wildman–Crippen LogP) is 2.95. The van der Waals surface area contributed by atoms with E-state index in [1.54, 1.807) is 19.1 Å². The number of aryl methyl sites for hydroxylation is 1. The van der Waals surface area contributed by atoms with Crippen molar-refractivity contribution in [2.75, 3.05) is 18.1 Å². The highest BCUT2D eigenvalue weighted by Gasteiger charge is 2.36. The van der Waals surface area contributed by atoms with Crippen molar-refractivity contribution < 1.29 is 18.7 Å². The Morgan fingerprint density at radius 3 is 2.96 bits per heavy atom. The smallest absolute Gasteiger partial charge is 0.227 e. The third-order valence-corrected chi connectivity index (χ3v) is 5.22. The molecule has 1 aromatic rings. The number of hydrogen-bond acceptors (Lipinski definition) is 3. The van der Waals surface area contributed by atoms with Gasteiger partial charge in [-0.2, -0.15) is 0 Å². The number of carbonyl (C=O) groups is 2. The lowest BCUT2D eigenvalue weighted by Crippen LogP contribution is -2.38. The van der Waals surface area contributed by atoms with Crippen LogP contribution < -0.4 is 10.2 Å². The van der Waals surface area contributed by atoms with Crippen molar-refractivity contribution >= 4 is 17.5 Å². The van der Waals surface area contributed by atoms with Crippen LogP contribution in [0.5, 0.6) is 0 Å². The number of ether oxygens (including phenoxy) is 1. The fourth-order valence-electron chi connectivity index (χ4n) is 3.69. The molecule has 0 bridgehead atoms. The molecule has 6 heteroatoms. The van der Waals surface area contributed by atoms with Crippen molar-refractivity contribution in [2.24, 2.45) is 5.92 Å². The zero-order chi connectivity index (χ0) is 18.7. The molecule has 2 aliphatic rings. The number of hydrogen-bond donors (Lipinski definition) is 1. The van der Waals surface area contributed by atoms with Crippen molar-refractivity contribution in [3.05, 3.63) is 29.6 Å². The molecular formula is C20H27FN2O3. The lowest BCUT2D eigenvalue weighted by atomic mass is 10.0. The Labute approximate surface area is 153 Å². The maximum atomic E-state index is 14.2. The van der Waals surface area contributed by atoms with Gasteiger partial charge in [0.2, 0.25) is 11.8 Å². The van der Waals surface area contributed by atoms with Gasteiger partial charge >= 0.3 is 0 Å². The molecule has 0 saturated carbocycles. The average Bonchev–Trinajstić information content (AvgIpc) is 3.23. The van der Waals surface area contributed by atoms with Crippen LogP contribution in [-0.2, 0) is 14.3 Å². The molecule has 0 radical (unpaired) electrons. The fraction of sp³-hybridized carbons (Fsp3) is 0.600. The Morgan fingerprint density at radius 2 is 2.27 bits per heavy atom. The summed E-state index contributed by atoms with van der Waals surface area (Å²) in [6.45, 7) is 4.83. The zero-order valence-corrected chi connectivity index (χ0v) is 15.5. The molecule has 3 unspecified atom stereocenters. The normalized spacial score (nSPS) is 24.1. The summed E-state index contributed by atoms with van der Waals surface area (Å²) in [5.41, 5.74) is 1.05. The third-order valence-electron chi connectivity index (χ3n) is 5.22. The highest BCUT2D eigenvalue weighted by atomic mass is 19.1. The Balaban J connectivity index is 1.53. The maximum absolute atomic E-state index is 14.2. The van der Waals surface area contributed by atoms with E-state index in [9.17, 15) is 14.0 Å². The van der Waals surface area contributed by atoms with Crippen LogP contribution in [0.4, 0.5) is 10.1 Å². The molecule has 0 aliphatic carbocycles. The summed E-state index contributed by atoms with van der Waals surface area (Å²) < 4.78 is 19.8. The van der Waals surface area contributed by atoms with Gasteiger partial charge in [0.1, 0.15) is 5.82 Å². The monoisotopic (exact) mass is 362 g/mol. The van der Waals surface area contributed by atoms with Crippen LogP contribution in [0.3, 0.4) is 0 Å². The largest absolute Gasteiger partial charge is 0.378 e. The van der Waals surface area contributed by atoms with E-state index < -0.39 is 11.7 Å². The quantitative estimate of drug-likeness (QED) is 0.846. The standard InChI is InChI=1S/C20H27FN2O3/c1-13-5-8-18(17(21)10-13)23-12-15(11-19(23)24)20(25)22-14(2)6-7-16-4-3-9-26-16/h5,8,10,14-16H,3-4,6-7,9,11-12H2,1-2H3,(H,22,25). The molecule has 5 nitrogen and oxygen atoms in total. The van der Waals surface area contributed by atoms with Gasteiger partial charge in [-0.05, 0) is 57.2 Å². The average molecular weight is 362 g/mol. The summed E-state index contributed by atoms with van der Waals surface area (Å²) in [4.78, 5) is 26.2. The molecule has 142 valence electrons. The number of anilines is 1. The number of rotatable bonds is 6. The second kappa shape index (κ2) is 8.16. The minimum absolute atomic E-state index is 0.0342. The number of benzene rings is 1. The van der Waals surface area contributed by atoms with Gasteiger partial charge in [-0.3, -0.25) is 9.59 Å². The Hall–Kier alpha value is -1.95. The topological polar surface area (TPSA) is 58.6 Å². The van der Waals surface area contributed by atoms with Crippen LogP contribution in [0.2, 0.25) is 0 Å². The van der Waals surface area contributed by atoms with Crippen LogP contribution in [0, 0.1) is 18.7 Å². The van der Waals surface area contributed by atoms with Gasteiger partial charge in [0.05, 0.1) is 17.7 Å². The first-order valence-corrected chi connectivity index (χ1v) is 9.42. The zero-order valence-electron chi connectivity index (χ0n) is 15.5. The summed E-state index contributed by atoms with van der Waals surface area (Å²) in [5, 5.41) is 2.99. The van der Waals surface area contributed by atoms with Gasteiger partial charge in [0.15, 0.2) is 0 Å². The molecule has 3 rings (SSSR count). The molecule has 2 fully saturated rings. The lowest BCUT2D eigenvalue weighted by molar-refractivity contribution is -0.126. The van der Waals surface area contributed by atoms with E-state index >= 15 is 0 Å². The first-order valence-electron chi connectivity index (χ1n) is 9.42. The molecule has 2 amide bonds. The van der Waals surface area contributed by atoms with Crippen molar-refractivity contribution in [2.45, 2.75) is 58.1 Å². The van der Waals surface area contributed by atoms with Gasteiger partial charge in [-0.1, -0.05) is 6.07 Å². The summed E-state index contributed by atoms with van der Waals surface area (Å²) in [6.07, 6.45) is 4.43. The first kappa shape index (κ1) is 18.8. The Bertz CT molecular complexity index is 673. The molecule has 2 saturated heterocycles. The SMILES string of the molecule is Cc1ccc(N2CC(C(=O)NC(C)CCC3CCCO3)CC2=O)c(F)c1. The second-order valence-electron chi connectivity index (χ2n) is 7.48. The van der Waals surface area contributed by atoms with E-state index in [0.717, 1.165) is 37.9 Å². The number of halogens is 1. The Kier molecular flexibility index (Phi) is 5.91. The van der Waals surface area contributed by atoms with E-state index in [0.29, 0.717) is 6.10 Å². The Morgan fingerprint density at radius 1 is 1.46 bits per heavy atom.